The second kappa shape index (κ2) is 6.40. The van der Waals surface area contributed by atoms with Crippen LogP contribution in [0, 0.1) is 0 Å². The van der Waals surface area contributed by atoms with Gasteiger partial charge in [-0.2, -0.15) is 0 Å². The van der Waals surface area contributed by atoms with Gasteiger partial charge in [0.2, 0.25) is 0 Å². The molecule has 0 aliphatic carbocycles. The predicted octanol–water partition coefficient (Wildman–Crippen LogP) is 2.61. The van der Waals surface area contributed by atoms with Gasteiger partial charge in [0, 0.05) is 6.42 Å². The zero-order valence-electron chi connectivity index (χ0n) is 7.75. The fraction of sp³-hybridized carbons (Fsp3) is 1.00. The van der Waals surface area contributed by atoms with E-state index in [1.54, 1.807) is 0 Å². The molecule has 12 heavy (non-hydrogen) atoms. The molecule has 1 saturated heterocycles. The third-order valence-corrected chi connectivity index (χ3v) is 2.02. The fourth-order valence-corrected chi connectivity index (χ4v) is 1.28. The monoisotopic (exact) mass is 174 g/mol. The Kier molecular flexibility index (Phi) is 5.32. The molecule has 0 amide bonds. The van der Waals surface area contributed by atoms with Crippen molar-refractivity contribution in [3.63, 3.8) is 0 Å². The molecule has 1 rings (SSSR count). The summed E-state index contributed by atoms with van der Waals surface area (Å²) in [7, 11) is 0. The van der Waals surface area contributed by atoms with E-state index in [2.05, 4.69) is 11.8 Å². The molecule has 1 heterocycles. The summed E-state index contributed by atoms with van der Waals surface area (Å²) in [4.78, 5) is 9.45. The number of unbranched alkanes of at least 4 members (excludes halogenated alkanes) is 4. The van der Waals surface area contributed by atoms with Gasteiger partial charge < -0.3 is 4.74 Å². The molecule has 0 bridgehead atoms. The molecule has 0 radical (unpaired) electrons. The smallest absolute Gasteiger partial charge is 0.194 e. The first kappa shape index (κ1) is 9.96. The molecule has 0 saturated carbocycles. The van der Waals surface area contributed by atoms with Gasteiger partial charge >= 0.3 is 0 Å². The van der Waals surface area contributed by atoms with E-state index in [1.165, 1.54) is 32.1 Å². The minimum Gasteiger partial charge on any atom is -0.320 e. The van der Waals surface area contributed by atoms with Crippen LogP contribution in [0.2, 0.25) is 0 Å². The van der Waals surface area contributed by atoms with Crippen molar-refractivity contribution in [2.24, 2.45) is 0 Å². The van der Waals surface area contributed by atoms with E-state index in [4.69, 9.17) is 9.62 Å². The lowest BCUT2D eigenvalue weighted by atomic mass is 10.1. The molecule has 3 nitrogen and oxygen atoms in total. The third kappa shape index (κ3) is 4.04. The zero-order valence-corrected chi connectivity index (χ0v) is 7.75. The minimum atomic E-state index is -0.105. The molecule has 1 aliphatic heterocycles. The van der Waals surface area contributed by atoms with Gasteiger partial charge in [0.25, 0.3) is 0 Å². The van der Waals surface area contributed by atoms with Crippen molar-refractivity contribution in [2.75, 3.05) is 6.79 Å². The number of ether oxygens (including phenoxy) is 1. The highest BCUT2D eigenvalue weighted by atomic mass is 17.3. The lowest BCUT2D eigenvalue weighted by Crippen LogP contribution is -2.06. The maximum absolute atomic E-state index is 5.12. The fourth-order valence-electron chi connectivity index (χ4n) is 1.28. The summed E-state index contributed by atoms with van der Waals surface area (Å²) in [6, 6.07) is 0. The van der Waals surface area contributed by atoms with Crippen LogP contribution in [-0.4, -0.2) is 13.1 Å². The predicted molar refractivity (Wildman–Crippen MR) is 45.3 cm³/mol. The highest BCUT2D eigenvalue weighted by Gasteiger charge is 2.16. The topological polar surface area (TPSA) is 27.7 Å². The van der Waals surface area contributed by atoms with E-state index in [-0.39, 0.29) is 6.29 Å². The number of hydrogen-bond donors (Lipinski definition) is 0. The van der Waals surface area contributed by atoms with Crippen LogP contribution in [0.25, 0.3) is 0 Å². The van der Waals surface area contributed by atoms with Crippen molar-refractivity contribution in [3.8, 4) is 0 Å². The Morgan fingerprint density at radius 3 is 2.67 bits per heavy atom. The molecule has 72 valence electrons. The molecule has 1 aliphatic rings. The summed E-state index contributed by atoms with van der Waals surface area (Å²) in [5, 5.41) is 0. The molecular formula is C9H18O3. The summed E-state index contributed by atoms with van der Waals surface area (Å²) in [6.45, 7) is 2.51. The Morgan fingerprint density at radius 1 is 1.17 bits per heavy atom. The molecule has 1 atom stereocenters. The average molecular weight is 174 g/mol. The van der Waals surface area contributed by atoms with Crippen molar-refractivity contribution in [1.82, 2.24) is 0 Å². The lowest BCUT2D eigenvalue weighted by molar-refractivity contribution is -0.278. The van der Waals surface area contributed by atoms with Gasteiger partial charge in [-0.05, 0) is 6.42 Å². The van der Waals surface area contributed by atoms with Crippen LogP contribution in [0.4, 0.5) is 0 Å². The first-order valence-electron chi connectivity index (χ1n) is 4.83. The molecule has 1 unspecified atom stereocenters. The molecule has 0 spiro atoms. The van der Waals surface area contributed by atoms with Gasteiger partial charge in [-0.1, -0.05) is 32.6 Å². The quantitative estimate of drug-likeness (QED) is 0.457. The first-order valence-corrected chi connectivity index (χ1v) is 4.83. The Balaban J connectivity index is 1.81. The van der Waals surface area contributed by atoms with Gasteiger partial charge in [-0.15, -0.1) is 0 Å². The summed E-state index contributed by atoms with van der Waals surface area (Å²) in [6.07, 6.45) is 7.26. The van der Waals surface area contributed by atoms with Crippen LogP contribution in [-0.2, 0) is 14.5 Å². The molecule has 0 aromatic carbocycles. The average Bonchev–Trinajstić information content (AvgIpc) is 2.57. The van der Waals surface area contributed by atoms with Gasteiger partial charge in [-0.3, -0.25) is 0 Å². The number of hydrogen-bond acceptors (Lipinski definition) is 3. The van der Waals surface area contributed by atoms with Crippen molar-refractivity contribution < 1.29 is 14.5 Å². The van der Waals surface area contributed by atoms with E-state index in [9.17, 15) is 0 Å². The van der Waals surface area contributed by atoms with Crippen LogP contribution < -0.4 is 0 Å². The standard InChI is InChI=1S/C9H18O3/c1-2-3-4-5-6-7-9-10-8-11-12-9/h9H,2-8H2,1H3. The zero-order chi connectivity index (χ0) is 8.65. The van der Waals surface area contributed by atoms with Crippen LogP contribution in [0.5, 0.6) is 0 Å². The van der Waals surface area contributed by atoms with Crippen molar-refractivity contribution in [1.29, 1.82) is 0 Å². The Bertz CT molecular complexity index is 99.9. The maximum Gasteiger partial charge on any atom is 0.194 e. The van der Waals surface area contributed by atoms with Crippen molar-refractivity contribution in [2.45, 2.75) is 51.7 Å². The Labute approximate surface area is 73.9 Å². The van der Waals surface area contributed by atoms with E-state index >= 15 is 0 Å². The van der Waals surface area contributed by atoms with Gasteiger partial charge in [0.1, 0.15) is 0 Å². The molecular weight excluding hydrogens is 156 g/mol. The third-order valence-electron chi connectivity index (χ3n) is 2.02. The highest BCUT2D eigenvalue weighted by molar-refractivity contribution is 4.47. The normalized spacial score (nSPS) is 23.2. The van der Waals surface area contributed by atoms with Crippen LogP contribution >= 0.6 is 0 Å². The second-order valence-electron chi connectivity index (χ2n) is 3.13. The van der Waals surface area contributed by atoms with Gasteiger partial charge in [-0.25, -0.2) is 9.78 Å². The van der Waals surface area contributed by atoms with Crippen molar-refractivity contribution >= 4 is 0 Å². The van der Waals surface area contributed by atoms with E-state index in [0.29, 0.717) is 6.79 Å². The second-order valence-corrected chi connectivity index (χ2v) is 3.13. The van der Waals surface area contributed by atoms with E-state index in [0.717, 1.165) is 6.42 Å². The molecule has 0 aromatic heterocycles. The SMILES string of the molecule is CCCCCCCC1OCOO1. The summed E-state index contributed by atoms with van der Waals surface area (Å²) in [5.74, 6) is 0. The largest absolute Gasteiger partial charge is 0.320 e. The van der Waals surface area contributed by atoms with Gasteiger partial charge in [0.05, 0.1) is 0 Å². The number of rotatable bonds is 6. The van der Waals surface area contributed by atoms with E-state index < -0.39 is 0 Å². The molecule has 0 N–H and O–H groups in total. The maximum atomic E-state index is 5.12. The van der Waals surface area contributed by atoms with Crippen LogP contribution in [0.15, 0.2) is 0 Å². The molecule has 0 aromatic rings. The summed E-state index contributed by atoms with van der Waals surface area (Å²) >= 11 is 0. The van der Waals surface area contributed by atoms with Gasteiger partial charge in [0.15, 0.2) is 13.1 Å². The Morgan fingerprint density at radius 2 is 2.00 bits per heavy atom. The lowest BCUT2D eigenvalue weighted by Gasteiger charge is -2.04. The molecule has 1 fully saturated rings. The van der Waals surface area contributed by atoms with Crippen molar-refractivity contribution in [3.05, 3.63) is 0 Å². The highest BCUT2D eigenvalue weighted by Crippen LogP contribution is 2.14. The van der Waals surface area contributed by atoms with Crippen LogP contribution in [0.3, 0.4) is 0 Å². The summed E-state index contributed by atoms with van der Waals surface area (Å²) < 4.78 is 5.12. The van der Waals surface area contributed by atoms with E-state index in [1.807, 2.05) is 0 Å². The van der Waals surface area contributed by atoms with Crippen LogP contribution in [0.1, 0.15) is 45.4 Å². The Hall–Kier alpha value is -0.120. The molecule has 3 heteroatoms. The first-order chi connectivity index (χ1) is 5.93. The minimum absolute atomic E-state index is 0.105. The summed E-state index contributed by atoms with van der Waals surface area (Å²) in [5.41, 5.74) is 0.